The minimum atomic E-state index is 0. The third-order valence-electron chi connectivity index (χ3n) is 3.42. The van der Waals surface area contributed by atoms with Gasteiger partial charge in [0.15, 0.2) is 5.96 Å². The van der Waals surface area contributed by atoms with E-state index in [1.165, 1.54) is 5.56 Å². The molecule has 0 radical (unpaired) electrons. The van der Waals surface area contributed by atoms with Gasteiger partial charge in [0.2, 0.25) is 0 Å². The van der Waals surface area contributed by atoms with Crippen molar-refractivity contribution in [3.63, 3.8) is 0 Å². The Labute approximate surface area is 167 Å². The fourth-order valence-electron chi connectivity index (χ4n) is 2.24. The first-order valence-corrected chi connectivity index (χ1v) is 8.52. The van der Waals surface area contributed by atoms with Crippen LogP contribution in [-0.4, -0.2) is 48.6 Å². The van der Waals surface area contributed by atoms with Gasteiger partial charge < -0.3 is 15.4 Å². The van der Waals surface area contributed by atoms with Gasteiger partial charge in [-0.2, -0.15) is 5.10 Å². The number of para-hydroxylation sites is 1. The van der Waals surface area contributed by atoms with Gasteiger partial charge >= 0.3 is 0 Å². The molecule has 2 aromatic rings. The topological polar surface area (TPSA) is 63.5 Å². The quantitative estimate of drug-likeness (QED) is 0.263. The van der Waals surface area contributed by atoms with E-state index in [9.17, 15) is 0 Å². The summed E-state index contributed by atoms with van der Waals surface area (Å²) in [6.45, 7) is 7.73. The van der Waals surface area contributed by atoms with Crippen molar-refractivity contribution in [1.82, 2.24) is 20.4 Å². The predicted octanol–water partition coefficient (Wildman–Crippen LogP) is 2.62. The van der Waals surface area contributed by atoms with E-state index in [-0.39, 0.29) is 24.0 Å². The molecule has 0 aliphatic heterocycles. The molecule has 1 aromatic heterocycles. The molecule has 0 aliphatic carbocycles. The zero-order valence-electron chi connectivity index (χ0n) is 14.9. The Bertz CT molecular complexity index is 615. The lowest BCUT2D eigenvalue weighted by atomic mass is 10.2. The molecule has 0 bridgehead atoms. The van der Waals surface area contributed by atoms with Crippen molar-refractivity contribution in [3.8, 4) is 5.69 Å². The highest BCUT2D eigenvalue weighted by atomic mass is 127. The van der Waals surface area contributed by atoms with E-state index in [4.69, 9.17) is 4.74 Å². The lowest BCUT2D eigenvalue weighted by Gasteiger charge is -2.10. The SMILES string of the molecule is CCNC(=NCCOCC)NCCc1cnn(-c2ccccc2)c1.I. The summed E-state index contributed by atoms with van der Waals surface area (Å²) in [6, 6.07) is 10.1. The second-order valence-electron chi connectivity index (χ2n) is 5.26. The number of hydrogen-bond acceptors (Lipinski definition) is 3. The molecule has 0 fully saturated rings. The minimum Gasteiger partial charge on any atom is -0.380 e. The van der Waals surface area contributed by atoms with Gasteiger partial charge in [-0.05, 0) is 38.0 Å². The van der Waals surface area contributed by atoms with Crippen LogP contribution in [-0.2, 0) is 11.2 Å². The molecule has 25 heavy (non-hydrogen) atoms. The number of aliphatic imine (C=N–C) groups is 1. The normalized spacial score (nSPS) is 11.0. The number of nitrogens with one attached hydrogen (secondary N) is 2. The van der Waals surface area contributed by atoms with Crippen molar-refractivity contribution in [2.24, 2.45) is 4.99 Å². The van der Waals surface area contributed by atoms with Crippen LogP contribution in [0.15, 0.2) is 47.7 Å². The number of guanidine groups is 1. The molecular formula is C18H28IN5O. The highest BCUT2D eigenvalue weighted by molar-refractivity contribution is 14.0. The molecule has 1 heterocycles. The van der Waals surface area contributed by atoms with E-state index in [0.717, 1.165) is 37.8 Å². The maximum absolute atomic E-state index is 5.31. The largest absolute Gasteiger partial charge is 0.380 e. The monoisotopic (exact) mass is 457 g/mol. The van der Waals surface area contributed by atoms with Gasteiger partial charge in [-0.3, -0.25) is 4.99 Å². The maximum Gasteiger partial charge on any atom is 0.191 e. The average molecular weight is 457 g/mol. The average Bonchev–Trinajstić information content (AvgIpc) is 3.08. The van der Waals surface area contributed by atoms with E-state index in [2.05, 4.69) is 33.8 Å². The van der Waals surface area contributed by atoms with Crippen LogP contribution in [0, 0.1) is 0 Å². The van der Waals surface area contributed by atoms with E-state index in [0.29, 0.717) is 13.2 Å². The standard InChI is InChI=1S/C18H27N5O.HI/c1-3-19-18(21-12-13-24-4-2)20-11-10-16-14-22-23(15-16)17-8-6-5-7-9-17;/h5-9,14-15H,3-4,10-13H2,1-2H3,(H2,19,20,21);1H. The van der Waals surface area contributed by atoms with Crippen molar-refractivity contribution >= 4 is 29.9 Å². The fourth-order valence-corrected chi connectivity index (χ4v) is 2.24. The van der Waals surface area contributed by atoms with Crippen molar-refractivity contribution < 1.29 is 4.74 Å². The Balaban J connectivity index is 0.00000312. The summed E-state index contributed by atoms with van der Waals surface area (Å²) in [6.07, 6.45) is 4.87. The summed E-state index contributed by atoms with van der Waals surface area (Å²) < 4.78 is 7.21. The van der Waals surface area contributed by atoms with E-state index < -0.39 is 0 Å². The molecule has 0 saturated carbocycles. The summed E-state index contributed by atoms with van der Waals surface area (Å²) in [5.74, 6) is 0.827. The van der Waals surface area contributed by atoms with Crippen LogP contribution in [0.3, 0.4) is 0 Å². The van der Waals surface area contributed by atoms with Gasteiger partial charge in [0.05, 0.1) is 25.0 Å². The van der Waals surface area contributed by atoms with Gasteiger partial charge in [-0.25, -0.2) is 4.68 Å². The van der Waals surface area contributed by atoms with Crippen molar-refractivity contribution in [3.05, 3.63) is 48.3 Å². The molecular weight excluding hydrogens is 429 g/mol. The molecule has 0 amide bonds. The molecule has 0 saturated heterocycles. The Morgan fingerprint density at radius 2 is 2.00 bits per heavy atom. The number of benzene rings is 1. The first kappa shape index (κ1) is 21.4. The second-order valence-corrected chi connectivity index (χ2v) is 5.26. The molecule has 0 unspecified atom stereocenters. The molecule has 7 heteroatoms. The number of halogens is 1. The number of aromatic nitrogens is 2. The lowest BCUT2D eigenvalue weighted by Crippen LogP contribution is -2.38. The van der Waals surface area contributed by atoms with Crippen LogP contribution in [0.1, 0.15) is 19.4 Å². The smallest absolute Gasteiger partial charge is 0.191 e. The van der Waals surface area contributed by atoms with Crippen molar-refractivity contribution in [1.29, 1.82) is 0 Å². The van der Waals surface area contributed by atoms with Gasteiger partial charge in [0, 0.05) is 25.9 Å². The molecule has 2 N–H and O–H groups in total. The minimum absolute atomic E-state index is 0. The summed E-state index contributed by atoms with van der Waals surface area (Å²) in [4.78, 5) is 4.48. The van der Waals surface area contributed by atoms with Crippen LogP contribution in [0.4, 0.5) is 0 Å². The molecule has 0 atom stereocenters. The second kappa shape index (κ2) is 12.7. The molecule has 1 aromatic carbocycles. The summed E-state index contributed by atoms with van der Waals surface area (Å²) >= 11 is 0. The highest BCUT2D eigenvalue weighted by Crippen LogP contribution is 2.07. The Morgan fingerprint density at radius 1 is 1.20 bits per heavy atom. The number of rotatable bonds is 9. The van der Waals surface area contributed by atoms with Gasteiger partial charge in [0.1, 0.15) is 0 Å². The number of ether oxygens (including phenoxy) is 1. The van der Waals surface area contributed by atoms with Crippen LogP contribution in [0.5, 0.6) is 0 Å². The van der Waals surface area contributed by atoms with Crippen LogP contribution in [0.2, 0.25) is 0 Å². The van der Waals surface area contributed by atoms with Crippen molar-refractivity contribution in [2.45, 2.75) is 20.3 Å². The third-order valence-corrected chi connectivity index (χ3v) is 3.42. The van der Waals surface area contributed by atoms with Gasteiger partial charge in [-0.1, -0.05) is 18.2 Å². The van der Waals surface area contributed by atoms with Crippen LogP contribution >= 0.6 is 24.0 Å². The molecule has 138 valence electrons. The lowest BCUT2D eigenvalue weighted by molar-refractivity contribution is 0.155. The first-order valence-electron chi connectivity index (χ1n) is 8.52. The van der Waals surface area contributed by atoms with Crippen LogP contribution < -0.4 is 10.6 Å². The summed E-state index contributed by atoms with van der Waals surface area (Å²) in [5.41, 5.74) is 2.26. The molecule has 0 aliphatic rings. The molecule has 6 nitrogen and oxygen atoms in total. The molecule has 2 rings (SSSR count). The zero-order valence-corrected chi connectivity index (χ0v) is 17.3. The number of hydrogen-bond donors (Lipinski definition) is 2. The maximum atomic E-state index is 5.31. The first-order chi connectivity index (χ1) is 11.8. The number of nitrogens with zero attached hydrogens (tertiary/aromatic N) is 3. The zero-order chi connectivity index (χ0) is 17.0. The Kier molecular flexibility index (Phi) is 10.9. The summed E-state index contributed by atoms with van der Waals surface area (Å²) in [7, 11) is 0. The van der Waals surface area contributed by atoms with Gasteiger partial charge in [-0.15, -0.1) is 24.0 Å². The Morgan fingerprint density at radius 3 is 2.72 bits per heavy atom. The van der Waals surface area contributed by atoms with E-state index in [1.807, 2.05) is 48.1 Å². The van der Waals surface area contributed by atoms with E-state index >= 15 is 0 Å². The fraction of sp³-hybridized carbons (Fsp3) is 0.444. The summed E-state index contributed by atoms with van der Waals surface area (Å²) in [5, 5.41) is 11.0. The predicted molar refractivity (Wildman–Crippen MR) is 113 cm³/mol. The highest BCUT2D eigenvalue weighted by Gasteiger charge is 2.02. The third kappa shape index (κ3) is 7.87. The van der Waals surface area contributed by atoms with Crippen molar-refractivity contribution in [2.75, 3.05) is 32.8 Å². The van der Waals surface area contributed by atoms with E-state index in [1.54, 1.807) is 0 Å². The van der Waals surface area contributed by atoms with Crippen LogP contribution in [0.25, 0.3) is 5.69 Å². The molecule has 0 spiro atoms. The Hall–Kier alpha value is -1.61. The van der Waals surface area contributed by atoms with Gasteiger partial charge in [0.25, 0.3) is 0 Å².